The first-order valence-electron chi connectivity index (χ1n) is 9.03. The summed E-state index contributed by atoms with van der Waals surface area (Å²) in [7, 11) is 0. The number of hydrogen-bond acceptors (Lipinski definition) is 2. The van der Waals surface area contributed by atoms with E-state index in [0.717, 1.165) is 28.5 Å². The fourth-order valence-electron chi connectivity index (χ4n) is 3.25. The second-order valence-electron chi connectivity index (χ2n) is 6.63. The molecule has 2 aromatic carbocycles. The van der Waals surface area contributed by atoms with Gasteiger partial charge in [-0.25, -0.2) is 0 Å². The summed E-state index contributed by atoms with van der Waals surface area (Å²) in [6, 6.07) is 17.7. The first kappa shape index (κ1) is 17.9. The van der Waals surface area contributed by atoms with Crippen molar-refractivity contribution in [2.45, 2.75) is 32.6 Å². The molecule has 0 aliphatic carbocycles. The summed E-state index contributed by atoms with van der Waals surface area (Å²) >= 11 is 0. The summed E-state index contributed by atoms with van der Waals surface area (Å²) in [6.07, 6.45) is 1.25. The van der Waals surface area contributed by atoms with Crippen LogP contribution >= 0.6 is 0 Å². The molecule has 0 radical (unpaired) electrons. The summed E-state index contributed by atoms with van der Waals surface area (Å²) in [4.78, 5) is 27.7. The van der Waals surface area contributed by atoms with Crippen molar-refractivity contribution in [3.05, 3.63) is 81.6 Å². The molecule has 0 spiro atoms. The molecule has 134 valence electrons. The third kappa shape index (κ3) is 4.02. The van der Waals surface area contributed by atoms with E-state index in [9.17, 15) is 9.59 Å². The van der Waals surface area contributed by atoms with Gasteiger partial charge in [-0.2, -0.15) is 0 Å². The largest absolute Gasteiger partial charge is 0.355 e. The number of rotatable bonds is 6. The highest BCUT2D eigenvalue weighted by molar-refractivity contribution is 5.83. The number of nitrogens with one attached hydrogen (secondary N) is 2. The predicted molar refractivity (Wildman–Crippen MR) is 105 cm³/mol. The fourth-order valence-corrected chi connectivity index (χ4v) is 3.25. The van der Waals surface area contributed by atoms with Crippen LogP contribution in [0.2, 0.25) is 0 Å². The van der Waals surface area contributed by atoms with Gasteiger partial charge in [-0.3, -0.25) is 9.59 Å². The highest BCUT2D eigenvalue weighted by Gasteiger charge is 2.17. The number of H-pyrrole nitrogens is 1. The molecule has 1 heterocycles. The smallest absolute Gasteiger partial charge is 0.251 e. The van der Waals surface area contributed by atoms with Crippen molar-refractivity contribution in [2.75, 3.05) is 6.54 Å². The van der Waals surface area contributed by atoms with Crippen LogP contribution in [0.1, 0.15) is 36.0 Å². The Morgan fingerprint density at radius 3 is 2.62 bits per heavy atom. The second-order valence-corrected chi connectivity index (χ2v) is 6.63. The van der Waals surface area contributed by atoms with Crippen LogP contribution in [-0.2, 0) is 11.2 Å². The van der Waals surface area contributed by atoms with Crippen LogP contribution in [0.3, 0.4) is 0 Å². The van der Waals surface area contributed by atoms with Crippen LogP contribution in [-0.4, -0.2) is 17.4 Å². The summed E-state index contributed by atoms with van der Waals surface area (Å²) in [5.74, 6) is -0.152. The monoisotopic (exact) mass is 348 g/mol. The third-order valence-corrected chi connectivity index (χ3v) is 4.70. The molecule has 0 saturated heterocycles. The standard InChI is InChI=1S/C22H24N2O2/c1-3-19(16-7-5-4-6-8-16)22(26)23-12-11-18-14-17-10-9-15(2)13-20(17)24-21(18)25/h4-10,13-14,19H,3,11-12H2,1-2H3,(H,23,26)(H,24,25)/t19-/m0/s1. The maximum Gasteiger partial charge on any atom is 0.251 e. The Morgan fingerprint density at radius 2 is 1.88 bits per heavy atom. The lowest BCUT2D eigenvalue weighted by Crippen LogP contribution is -2.31. The van der Waals surface area contributed by atoms with Crippen molar-refractivity contribution < 1.29 is 4.79 Å². The minimum Gasteiger partial charge on any atom is -0.355 e. The Balaban J connectivity index is 1.66. The molecule has 1 aromatic heterocycles. The van der Waals surface area contributed by atoms with Gasteiger partial charge in [-0.15, -0.1) is 0 Å². The number of carbonyl (C=O) groups is 1. The number of aromatic nitrogens is 1. The van der Waals surface area contributed by atoms with E-state index in [2.05, 4.69) is 10.3 Å². The van der Waals surface area contributed by atoms with Crippen LogP contribution < -0.4 is 10.9 Å². The predicted octanol–water partition coefficient (Wildman–Crippen LogP) is 3.69. The number of amides is 1. The van der Waals surface area contributed by atoms with Crippen LogP contribution in [0, 0.1) is 6.92 Å². The van der Waals surface area contributed by atoms with Gasteiger partial charge in [-0.05, 0) is 48.4 Å². The normalized spacial score (nSPS) is 12.1. The quantitative estimate of drug-likeness (QED) is 0.714. The number of aryl methyl sites for hydroxylation is 1. The molecule has 3 aromatic rings. The van der Waals surface area contributed by atoms with E-state index in [0.29, 0.717) is 18.5 Å². The Labute approximate surface area is 153 Å². The highest BCUT2D eigenvalue weighted by atomic mass is 16.2. The van der Waals surface area contributed by atoms with E-state index >= 15 is 0 Å². The van der Waals surface area contributed by atoms with Crippen LogP contribution in [0.15, 0.2) is 59.4 Å². The summed E-state index contributed by atoms with van der Waals surface area (Å²) in [6.45, 7) is 4.45. The van der Waals surface area contributed by atoms with Crippen LogP contribution in [0.4, 0.5) is 0 Å². The van der Waals surface area contributed by atoms with Gasteiger partial charge >= 0.3 is 0 Å². The molecule has 0 saturated carbocycles. The molecule has 1 amide bonds. The topological polar surface area (TPSA) is 62.0 Å². The Hall–Kier alpha value is -2.88. The highest BCUT2D eigenvalue weighted by Crippen LogP contribution is 2.19. The zero-order valence-electron chi connectivity index (χ0n) is 15.2. The van der Waals surface area contributed by atoms with Gasteiger partial charge in [-0.1, -0.05) is 49.4 Å². The summed E-state index contributed by atoms with van der Waals surface area (Å²) < 4.78 is 0. The number of benzene rings is 2. The van der Waals surface area contributed by atoms with E-state index in [1.54, 1.807) is 0 Å². The number of carbonyl (C=O) groups excluding carboxylic acids is 1. The summed E-state index contributed by atoms with van der Waals surface area (Å²) in [5, 5.41) is 3.98. The minimum absolute atomic E-state index is 0.00606. The van der Waals surface area contributed by atoms with Gasteiger partial charge < -0.3 is 10.3 Å². The Bertz CT molecular complexity index is 961. The number of fused-ring (bicyclic) bond motifs is 1. The SMILES string of the molecule is CC[C@H](C(=O)NCCc1cc2ccc(C)cc2[nH]c1=O)c1ccccc1. The van der Waals surface area contributed by atoms with Crippen molar-refractivity contribution in [2.24, 2.45) is 0 Å². The molecule has 0 aliphatic heterocycles. The van der Waals surface area contributed by atoms with Gasteiger partial charge in [0.1, 0.15) is 0 Å². The zero-order chi connectivity index (χ0) is 18.5. The third-order valence-electron chi connectivity index (χ3n) is 4.70. The zero-order valence-corrected chi connectivity index (χ0v) is 15.2. The van der Waals surface area contributed by atoms with Gasteiger partial charge in [0.15, 0.2) is 0 Å². The average molecular weight is 348 g/mol. The molecule has 0 bridgehead atoms. The van der Waals surface area contributed by atoms with Crippen LogP contribution in [0.25, 0.3) is 10.9 Å². The first-order valence-corrected chi connectivity index (χ1v) is 9.03. The molecule has 2 N–H and O–H groups in total. The van der Waals surface area contributed by atoms with Crippen molar-refractivity contribution in [3.8, 4) is 0 Å². The Kier molecular flexibility index (Phi) is 5.52. The molecule has 0 unspecified atom stereocenters. The van der Waals surface area contributed by atoms with E-state index in [1.165, 1.54) is 0 Å². The van der Waals surface area contributed by atoms with Gasteiger partial charge in [0.05, 0.1) is 5.92 Å². The fraction of sp³-hybridized carbons (Fsp3) is 0.273. The van der Waals surface area contributed by atoms with E-state index in [-0.39, 0.29) is 17.4 Å². The van der Waals surface area contributed by atoms with Crippen molar-refractivity contribution >= 4 is 16.8 Å². The van der Waals surface area contributed by atoms with E-state index in [1.807, 2.05) is 68.4 Å². The number of aromatic amines is 1. The van der Waals surface area contributed by atoms with Crippen molar-refractivity contribution in [1.82, 2.24) is 10.3 Å². The molecule has 1 atom stereocenters. The van der Waals surface area contributed by atoms with Gasteiger partial charge in [0, 0.05) is 17.6 Å². The molecule has 4 nitrogen and oxygen atoms in total. The lowest BCUT2D eigenvalue weighted by molar-refractivity contribution is -0.122. The number of hydrogen-bond donors (Lipinski definition) is 2. The number of pyridine rings is 1. The van der Waals surface area contributed by atoms with Gasteiger partial charge in [0.25, 0.3) is 5.56 Å². The lowest BCUT2D eigenvalue weighted by atomic mass is 9.95. The van der Waals surface area contributed by atoms with Crippen molar-refractivity contribution in [3.63, 3.8) is 0 Å². The Morgan fingerprint density at radius 1 is 1.12 bits per heavy atom. The minimum atomic E-state index is -0.158. The van der Waals surface area contributed by atoms with Crippen LogP contribution in [0.5, 0.6) is 0 Å². The molecule has 26 heavy (non-hydrogen) atoms. The molecule has 0 fully saturated rings. The molecule has 3 rings (SSSR count). The average Bonchev–Trinajstić information content (AvgIpc) is 2.64. The maximum absolute atomic E-state index is 12.5. The van der Waals surface area contributed by atoms with E-state index in [4.69, 9.17) is 0 Å². The molecular formula is C22H24N2O2. The molecule has 0 aliphatic rings. The second kappa shape index (κ2) is 8.00. The van der Waals surface area contributed by atoms with Gasteiger partial charge in [0.2, 0.25) is 5.91 Å². The van der Waals surface area contributed by atoms with Crippen molar-refractivity contribution in [1.29, 1.82) is 0 Å². The first-order chi connectivity index (χ1) is 12.6. The molecule has 4 heteroatoms. The lowest BCUT2D eigenvalue weighted by Gasteiger charge is -2.15. The molecular weight excluding hydrogens is 324 g/mol. The van der Waals surface area contributed by atoms with E-state index < -0.39 is 0 Å². The summed E-state index contributed by atoms with van der Waals surface area (Å²) in [5.41, 5.74) is 3.57. The maximum atomic E-state index is 12.5.